The Kier molecular flexibility index (Phi) is 10.2. The van der Waals surface area contributed by atoms with Crippen LogP contribution in [0.1, 0.15) is 113 Å². The van der Waals surface area contributed by atoms with Gasteiger partial charge in [-0.3, -0.25) is 0 Å². The summed E-state index contributed by atoms with van der Waals surface area (Å²) < 4.78 is 7.06. The highest BCUT2D eigenvalue weighted by molar-refractivity contribution is 7.81. The molecule has 4 nitrogen and oxygen atoms in total. The molecular formula is C29H58O4SSi. The summed E-state index contributed by atoms with van der Waals surface area (Å²) in [6.45, 7) is 21.4. The summed E-state index contributed by atoms with van der Waals surface area (Å²) in [7, 11) is -1.84. The highest BCUT2D eigenvalue weighted by Gasteiger charge is 2.55. The molecule has 2 rings (SSSR count). The molecule has 7 atom stereocenters. The summed E-state index contributed by atoms with van der Waals surface area (Å²) >= 11 is 5.08. The molecule has 2 fully saturated rings. The van der Waals surface area contributed by atoms with Crippen LogP contribution in [0.2, 0.25) is 18.1 Å². The van der Waals surface area contributed by atoms with E-state index in [4.69, 9.17) is 17.1 Å². The van der Waals surface area contributed by atoms with Crippen LogP contribution in [0, 0.1) is 23.2 Å². The number of aliphatic hydroxyl groups excluding tert-OH is 1. The Morgan fingerprint density at radius 3 is 2.14 bits per heavy atom. The van der Waals surface area contributed by atoms with Gasteiger partial charge in [0.05, 0.1) is 17.3 Å². The number of hydrogen-bond donors (Lipinski definition) is 4. The lowest BCUT2D eigenvalue weighted by atomic mass is 9.60. The summed E-state index contributed by atoms with van der Waals surface area (Å²) in [5.74, 6) is 1.45. The zero-order valence-corrected chi connectivity index (χ0v) is 26.4. The van der Waals surface area contributed by atoms with Crippen molar-refractivity contribution in [3.8, 4) is 0 Å². The van der Waals surface area contributed by atoms with E-state index in [9.17, 15) is 15.3 Å². The molecule has 2 aliphatic rings. The zero-order valence-electron chi connectivity index (χ0n) is 24.5. The second-order valence-electron chi connectivity index (χ2n) is 14.9. The molecule has 0 aromatic rings. The summed E-state index contributed by atoms with van der Waals surface area (Å²) in [6.07, 6.45) is 8.75. The third-order valence-electron chi connectivity index (χ3n) is 10.0. The maximum absolute atomic E-state index is 10.7. The maximum atomic E-state index is 10.7. The van der Waals surface area contributed by atoms with Gasteiger partial charge in [-0.15, -0.1) is 0 Å². The molecule has 0 heterocycles. The second-order valence-corrected chi connectivity index (χ2v) is 20.4. The van der Waals surface area contributed by atoms with Crippen LogP contribution in [0.4, 0.5) is 0 Å². The van der Waals surface area contributed by atoms with E-state index in [1.54, 1.807) is 13.8 Å². The molecule has 0 aromatic heterocycles. The van der Waals surface area contributed by atoms with E-state index < -0.39 is 25.6 Å². The minimum absolute atomic E-state index is 0.0143. The van der Waals surface area contributed by atoms with E-state index in [0.29, 0.717) is 30.3 Å². The summed E-state index contributed by atoms with van der Waals surface area (Å²) in [6, 6.07) is 0. The topological polar surface area (TPSA) is 69.9 Å². The van der Waals surface area contributed by atoms with Gasteiger partial charge < -0.3 is 19.7 Å². The largest absolute Gasteiger partial charge is 0.414 e. The van der Waals surface area contributed by atoms with Gasteiger partial charge in [0.2, 0.25) is 0 Å². The van der Waals surface area contributed by atoms with E-state index in [2.05, 4.69) is 40.8 Å². The Balaban J connectivity index is 2.27. The van der Waals surface area contributed by atoms with E-state index in [-0.39, 0.29) is 15.7 Å². The highest BCUT2D eigenvalue weighted by atomic mass is 32.1. The van der Waals surface area contributed by atoms with Gasteiger partial charge in [-0.1, -0.05) is 40.5 Å². The quantitative estimate of drug-likeness (QED) is 0.172. The van der Waals surface area contributed by atoms with Crippen LogP contribution in [0.25, 0.3) is 0 Å². The van der Waals surface area contributed by atoms with Crippen LogP contribution >= 0.6 is 12.6 Å². The Bertz CT molecular complexity index is 678. The summed E-state index contributed by atoms with van der Waals surface area (Å²) in [5, 5.41) is 31.6. The van der Waals surface area contributed by atoms with E-state index in [0.717, 1.165) is 19.3 Å². The third kappa shape index (κ3) is 7.95. The minimum Gasteiger partial charge on any atom is -0.414 e. The van der Waals surface area contributed by atoms with Crippen molar-refractivity contribution in [2.75, 3.05) is 0 Å². The normalized spacial score (nSPS) is 31.2. The number of thiol groups is 1. The average molecular weight is 531 g/mol. The molecule has 35 heavy (non-hydrogen) atoms. The third-order valence-corrected chi connectivity index (χ3v) is 15.1. The lowest BCUT2D eigenvalue weighted by Gasteiger charge is -2.51. The van der Waals surface area contributed by atoms with Crippen molar-refractivity contribution in [1.29, 1.82) is 0 Å². The number of aliphatic hydroxyl groups is 3. The SMILES string of the molecule is CC(C)(O)CCC[C@@H](C(S)CC(O)C(C)(C)O)C1CCC2[C@@H](O[Si](C)(C)C(C)(C)C)CCC[C@]12C. The fourth-order valence-electron chi connectivity index (χ4n) is 6.68. The maximum Gasteiger partial charge on any atom is 0.192 e. The highest BCUT2D eigenvalue weighted by Crippen LogP contribution is 2.60. The van der Waals surface area contributed by atoms with Gasteiger partial charge in [-0.2, -0.15) is 12.6 Å². The first-order valence-electron chi connectivity index (χ1n) is 14.2. The fourth-order valence-corrected chi connectivity index (χ4v) is 8.63. The Labute approximate surface area is 223 Å². The number of fused-ring (bicyclic) bond motifs is 1. The lowest BCUT2D eigenvalue weighted by molar-refractivity contribution is -0.0577. The summed E-state index contributed by atoms with van der Waals surface area (Å²) in [5.41, 5.74) is -1.59. The van der Waals surface area contributed by atoms with Gasteiger partial charge in [0.25, 0.3) is 0 Å². The molecule has 4 unspecified atom stereocenters. The predicted octanol–water partition coefficient (Wildman–Crippen LogP) is 6.97. The van der Waals surface area contributed by atoms with E-state index in [1.165, 1.54) is 32.1 Å². The second kappa shape index (κ2) is 11.3. The van der Waals surface area contributed by atoms with Crippen LogP contribution < -0.4 is 0 Å². The molecule has 3 N–H and O–H groups in total. The van der Waals surface area contributed by atoms with Gasteiger partial charge in [0.15, 0.2) is 8.32 Å². The first-order chi connectivity index (χ1) is 15.7. The molecule has 2 aliphatic carbocycles. The number of rotatable bonds is 11. The van der Waals surface area contributed by atoms with Gasteiger partial charge in [0.1, 0.15) is 0 Å². The molecular weight excluding hydrogens is 472 g/mol. The molecule has 0 spiro atoms. The standard InChI is InChI=1S/C29H58O4SSi/c1-26(2,3)35(9,10)33-23-14-12-18-29(8)21(15-16-22(23)29)20(13-11-17-27(4,5)31)24(34)19-25(30)28(6,7)32/h20-25,30-32,34H,11-19H2,1-10H3/t20-,21?,22?,23+,24?,25?,29-/m1/s1. The first kappa shape index (κ1) is 31.6. The molecule has 6 heteroatoms. The number of hydrogen-bond acceptors (Lipinski definition) is 5. The Morgan fingerprint density at radius 2 is 1.63 bits per heavy atom. The molecule has 2 saturated carbocycles. The van der Waals surface area contributed by atoms with Crippen molar-refractivity contribution in [3.05, 3.63) is 0 Å². The molecule has 0 bridgehead atoms. The van der Waals surface area contributed by atoms with Crippen molar-refractivity contribution in [2.24, 2.45) is 23.2 Å². The lowest BCUT2D eigenvalue weighted by Crippen LogP contribution is -2.50. The average Bonchev–Trinajstić information content (AvgIpc) is 3.00. The van der Waals surface area contributed by atoms with Gasteiger partial charge in [0, 0.05) is 11.4 Å². The van der Waals surface area contributed by atoms with Gasteiger partial charge in [-0.25, -0.2) is 0 Å². The van der Waals surface area contributed by atoms with Crippen LogP contribution in [0.5, 0.6) is 0 Å². The van der Waals surface area contributed by atoms with Crippen LogP contribution in [-0.2, 0) is 4.43 Å². The van der Waals surface area contributed by atoms with Gasteiger partial charge >= 0.3 is 0 Å². The molecule has 0 amide bonds. The van der Waals surface area contributed by atoms with Crippen LogP contribution in [-0.4, -0.2) is 52.3 Å². The molecule has 0 radical (unpaired) electrons. The van der Waals surface area contributed by atoms with Crippen molar-refractivity contribution in [3.63, 3.8) is 0 Å². The van der Waals surface area contributed by atoms with Crippen molar-refractivity contribution >= 4 is 20.9 Å². The molecule has 0 aromatic carbocycles. The Hall–Kier alpha value is 0.407. The van der Waals surface area contributed by atoms with Crippen molar-refractivity contribution < 1.29 is 19.7 Å². The fraction of sp³-hybridized carbons (Fsp3) is 1.00. The van der Waals surface area contributed by atoms with Gasteiger partial charge in [-0.05, 0) is 114 Å². The van der Waals surface area contributed by atoms with Crippen LogP contribution in [0.3, 0.4) is 0 Å². The monoisotopic (exact) mass is 530 g/mol. The summed E-state index contributed by atoms with van der Waals surface area (Å²) in [4.78, 5) is 0. The van der Waals surface area contributed by atoms with E-state index >= 15 is 0 Å². The van der Waals surface area contributed by atoms with Crippen LogP contribution in [0.15, 0.2) is 0 Å². The van der Waals surface area contributed by atoms with E-state index in [1.807, 2.05) is 13.8 Å². The smallest absolute Gasteiger partial charge is 0.192 e. The molecule has 208 valence electrons. The first-order valence-corrected chi connectivity index (χ1v) is 17.6. The Morgan fingerprint density at radius 1 is 1.03 bits per heavy atom. The molecule has 0 aliphatic heterocycles. The molecule has 0 saturated heterocycles. The zero-order chi connectivity index (χ0) is 27.0. The van der Waals surface area contributed by atoms with Crippen molar-refractivity contribution in [1.82, 2.24) is 0 Å². The predicted molar refractivity (Wildman–Crippen MR) is 154 cm³/mol. The minimum atomic E-state index is -1.84. The van der Waals surface area contributed by atoms with Crippen molar-refractivity contribution in [2.45, 2.75) is 160 Å².